The van der Waals surface area contributed by atoms with Crippen LogP contribution < -0.4 is 0 Å². The van der Waals surface area contributed by atoms with E-state index in [0.29, 0.717) is 30.2 Å². The number of oxazole rings is 1. The average Bonchev–Trinajstić information content (AvgIpc) is 3.28. The van der Waals surface area contributed by atoms with Crippen molar-refractivity contribution < 1.29 is 18.5 Å². The minimum atomic E-state index is -0.0888. The lowest BCUT2D eigenvalue weighted by Gasteiger charge is -2.31. The quantitative estimate of drug-likeness (QED) is 0.725. The summed E-state index contributed by atoms with van der Waals surface area (Å²) in [4.78, 5) is 19.2. The first-order chi connectivity index (χ1) is 12.3. The molecule has 1 unspecified atom stereocenters. The molecule has 1 amide bonds. The summed E-state index contributed by atoms with van der Waals surface area (Å²) in [6, 6.07) is 7.71. The number of nitrogens with zero attached hydrogens (tertiary/aromatic N) is 3. The Kier molecular flexibility index (Phi) is 4.23. The third-order valence-corrected chi connectivity index (χ3v) is 4.52. The Balaban J connectivity index is 1.54. The second-order valence-corrected chi connectivity index (χ2v) is 6.22. The molecule has 2 aromatic heterocycles. The van der Waals surface area contributed by atoms with Crippen molar-refractivity contribution in [3.05, 3.63) is 47.7 Å². The minimum Gasteiger partial charge on any atom is -0.440 e. The number of hydrogen-bond acceptors (Lipinski definition) is 6. The van der Waals surface area contributed by atoms with E-state index in [1.807, 2.05) is 29.2 Å². The number of fused-ring (bicyclic) bond motifs is 1. The number of aromatic nitrogens is 2. The van der Waals surface area contributed by atoms with Crippen LogP contribution >= 0.6 is 0 Å². The van der Waals surface area contributed by atoms with Gasteiger partial charge in [0, 0.05) is 20.2 Å². The van der Waals surface area contributed by atoms with Crippen LogP contribution in [-0.2, 0) is 11.3 Å². The molecule has 3 heterocycles. The number of amides is 1. The molecule has 1 saturated heterocycles. The SMILES string of the molecule is COCc1nocc1C(=O)N1CCCC(c2nc3ccccc3o2)C1. The first kappa shape index (κ1) is 15.8. The van der Waals surface area contributed by atoms with Gasteiger partial charge >= 0.3 is 0 Å². The van der Waals surface area contributed by atoms with Crippen molar-refractivity contribution in [3.8, 4) is 0 Å². The van der Waals surface area contributed by atoms with Crippen LogP contribution in [0, 0.1) is 0 Å². The smallest absolute Gasteiger partial charge is 0.259 e. The Hall–Kier alpha value is -2.67. The lowest BCUT2D eigenvalue weighted by molar-refractivity contribution is 0.0694. The summed E-state index contributed by atoms with van der Waals surface area (Å²) in [6.45, 7) is 1.52. The van der Waals surface area contributed by atoms with Crippen LogP contribution in [0.3, 0.4) is 0 Å². The lowest BCUT2D eigenvalue weighted by Crippen LogP contribution is -2.39. The fourth-order valence-electron chi connectivity index (χ4n) is 3.27. The third-order valence-electron chi connectivity index (χ3n) is 4.52. The number of ether oxygens (including phenoxy) is 1. The summed E-state index contributed by atoms with van der Waals surface area (Å²) in [5.74, 6) is 0.700. The number of likely N-dealkylation sites (tertiary alicyclic amines) is 1. The zero-order chi connectivity index (χ0) is 17.2. The summed E-state index contributed by atoms with van der Waals surface area (Å²) in [5.41, 5.74) is 2.61. The predicted octanol–water partition coefficient (Wildman–Crippen LogP) is 2.98. The number of benzene rings is 1. The number of carbonyl (C=O) groups is 1. The average molecular weight is 341 g/mol. The molecular weight excluding hydrogens is 322 g/mol. The van der Waals surface area contributed by atoms with E-state index in [0.717, 1.165) is 23.9 Å². The normalized spacial score (nSPS) is 18.0. The zero-order valence-electron chi connectivity index (χ0n) is 14.0. The molecule has 4 rings (SSSR count). The fourth-order valence-corrected chi connectivity index (χ4v) is 3.27. The van der Waals surface area contributed by atoms with E-state index in [-0.39, 0.29) is 18.4 Å². The third kappa shape index (κ3) is 3.02. The molecular formula is C18H19N3O4. The number of hydrogen-bond donors (Lipinski definition) is 0. The van der Waals surface area contributed by atoms with Crippen LogP contribution in [0.5, 0.6) is 0 Å². The summed E-state index contributed by atoms with van der Waals surface area (Å²) in [5, 5.41) is 3.85. The summed E-state index contributed by atoms with van der Waals surface area (Å²) in [7, 11) is 1.56. The first-order valence-electron chi connectivity index (χ1n) is 8.33. The van der Waals surface area contributed by atoms with Gasteiger partial charge in [0.25, 0.3) is 5.91 Å². The summed E-state index contributed by atoms with van der Waals surface area (Å²) >= 11 is 0. The Morgan fingerprint density at radius 2 is 2.28 bits per heavy atom. The van der Waals surface area contributed by atoms with Gasteiger partial charge in [0.1, 0.15) is 23.0 Å². The molecule has 7 nitrogen and oxygen atoms in total. The molecule has 1 fully saturated rings. The van der Waals surface area contributed by atoms with Crippen molar-refractivity contribution in [3.63, 3.8) is 0 Å². The van der Waals surface area contributed by atoms with Gasteiger partial charge in [-0.15, -0.1) is 0 Å². The fraction of sp³-hybridized carbons (Fsp3) is 0.389. The maximum absolute atomic E-state index is 12.8. The molecule has 1 atom stereocenters. The molecule has 1 aliphatic rings. The highest BCUT2D eigenvalue weighted by Gasteiger charge is 2.30. The monoisotopic (exact) mass is 341 g/mol. The van der Waals surface area contributed by atoms with E-state index in [1.54, 1.807) is 7.11 Å². The molecule has 3 aromatic rings. The van der Waals surface area contributed by atoms with Crippen LogP contribution in [0.2, 0.25) is 0 Å². The number of piperidine rings is 1. The Morgan fingerprint density at radius 3 is 3.12 bits per heavy atom. The van der Waals surface area contributed by atoms with Crippen LogP contribution in [0.4, 0.5) is 0 Å². The van der Waals surface area contributed by atoms with Gasteiger partial charge in [-0.05, 0) is 25.0 Å². The molecule has 0 radical (unpaired) electrons. The highest BCUT2D eigenvalue weighted by atomic mass is 16.5. The van der Waals surface area contributed by atoms with Crippen molar-refractivity contribution in [1.82, 2.24) is 15.0 Å². The minimum absolute atomic E-state index is 0.0888. The predicted molar refractivity (Wildman–Crippen MR) is 89.1 cm³/mol. The molecule has 130 valence electrons. The molecule has 0 bridgehead atoms. The van der Waals surface area contributed by atoms with E-state index >= 15 is 0 Å². The maximum Gasteiger partial charge on any atom is 0.259 e. The van der Waals surface area contributed by atoms with Gasteiger partial charge in [-0.3, -0.25) is 4.79 Å². The maximum atomic E-state index is 12.8. The second kappa shape index (κ2) is 6.68. The van der Waals surface area contributed by atoms with Crippen molar-refractivity contribution in [1.29, 1.82) is 0 Å². The summed E-state index contributed by atoms with van der Waals surface area (Å²) < 4.78 is 15.9. The number of carbonyl (C=O) groups excluding carboxylic acids is 1. The molecule has 0 N–H and O–H groups in total. The van der Waals surface area contributed by atoms with Crippen molar-refractivity contribution in [2.45, 2.75) is 25.4 Å². The van der Waals surface area contributed by atoms with Gasteiger partial charge in [-0.2, -0.15) is 0 Å². The zero-order valence-corrected chi connectivity index (χ0v) is 14.0. The highest BCUT2D eigenvalue weighted by Crippen LogP contribution is 2.29. The van der Waals surface area contributed by atoms with E-state index in [1.165, 1.54) is 6.26 Å². The van der Waals surface area contributed by atoms with Gasteiger partial charge < -0.3 is 18.6 Å². The number of rotatable bonds is 4. The van der Waals surface area contributed by atoms with Gasteiger partial charge in [0.2, 0.25) is 0 Å². The van der Waals surface area contributed by atoms with Crippen molar-refractivity contribution >= 4 is 17.0 Å². The van der Waals surface area contributed by atoms with E-state index in [4.69, 9.17) is 13.7 Å². The van der Waals surface area contributed by atoms with Crippen molar-refractivity contribution in [2.75, 3.05) is 20.2 Å². The lowest BCUT2D eigenvalue weighted by atomic mass is 9.97. The first-order valence-corrected chi connectivity index (χ1v) is 8.33. The van der Waals surface area contributed by atoms with Crippen LogP contribution in [0.15, 0.2) is 39.5 Å². The molecule has 1 aliphatic heterocycles. The Labute approximate surface area is 144 Å². The molecule has 0 saturated carbocycles. The molecule has 25 heavy (non-hydrogen) atoms. The van der Waals surface area contributed by atoms with E-state index < -0.39 is 0 Å². The van der Waals surface area contributed by atoms with Crippen LogP contribution in [-0.4, -0.2) is 41.1 Å². The molecule has 7 heteroatoms. The van der Waals surface area contributed by atoms with Gasteiger partial charge in [-0.1, -0.05) is 17.3 Å². The molecule has 0 spiro atoms. The summed E-state index contributed by atoms with van der Waals surface area (Å²) in [6.07, 6.45) is 3.24. The molecule has 1 aromatic carbocycles. The van der Waals surface area contributed by atoms with Crippen molar-refractivity contribution in [2.24, 2.45) is 0 Å². The second-order valence-electron chi connectivity index (χ2n) is 6.22. The number of methoxy groups -OCH3 is 1. The Morgan fingerprint density at radius 1 is 1.40 bits per heavy atom. The molecule has 0 aliphatic carbocycles. The van der Waals surface area contributed by atoms with Crippen LogP contribution in [0.25, 0.3) is 11.1 Å². The highest BCUT2D eigenvalue weighted by molar-refractivity contribution is 5.95. The van der Waals surface area contributed by atoms with E-state index in [2.05, 4.69) is 10.1 Å². The van der Waals surface area contributed by atoms with Gasteiger partial charge in [0.15, 0.2) is 11.5 Å². The van der Waals surface area contributed by atoms with E-state index in [9.17, 15) is 4.79 Å². The van der Waals surface area contributed by atoms with Crippen LogP contribution in [0.1, 0.15) is 40.7 Å². The van der Waals surface area contributed by atoms with Gasteiger partial charge in [0.05, 0.1) is 12.5 Å². The standard InChI is InChI=1S/C18H19N3O4/c1-23-11-15-13(10-24-20-15)18(22)21-8-4-5-12(9-21)17-19-14-6-2-3-7-16(14)25-17/h2-3,6-7,10,12H,4-5,8-9,11H2,1H3. The van der Waals surface area contributed by atoms with Gasteiger partial charge in [-0.25, -0.2) is 4.98 Å². The largest absolute Gasteiger partial charge is 0.440 e. The number of para-hydroxylation sites is 2. The Bertz CT molecular complexity index is 852. The topological polar surface area (TPSA) is 81.6 Å².